The summed E-state index contributed by atoms with van der Waals surface area (Å²) in [6.07, 6.45) is 2.62. The van der Waals surface area contributed by atoms with Crippen LogP contribution in [0.4, 0.5) is 11.4 Å². The highest BCUT2D eigenvalue weighted by atomic mass is 16.1. The van der Waals surface area contributed by atoms with Crippen molar-refractivity contribution in [1.29, 1.82) is 0 Å². The van der Waals surface area contributed by atoms with Crippen LogP contribution in [-0.2, 0) is 0 Å². The number of benzene rings is 1. The van der Waals surface area contributed by atoms with Crippen molar-refractivity contribution in [1.82, 2.24) is 4.90 Å². The maximum Gasteiger partial charge on any atom is 0.161 e. The standard InChI is InChI=1S/C15H21N3O/c1-11(19)14-9-12(4-5-15(14)16)18-8-7-17-6-2-3-13(17)10-18/h4-5,9,13H,2-3,6-8,10,16H2,1H3. The number of fused-ring (bicyclic) bond motifs is 1. The first-order valence-corrected chi connectivity index (χ1v) is 7.04. The molecule has 0 saturated carbocycles. The van der Waals surface area contributed by atoms with Crippen LogP contribution in [0.2, 0.25) is 0 Å². The number of nitrogens with two attached hydrogens (primary N) is 1. The van der Waals surface area contributed by atoms with E-state index in [0.29, 0.717) is 17.3 Å². The van der Waals surface area contributed by atoms with Crippen molar-refractivity contribution in [2.24, 2.45) is 0 Å². The molecular weight excluding hydrogens is 238 g/mol. The Morgan fingerprint density at radius 3 is 2.95 bits per heavy atom. The molecule has 0 aromatic heterocycles. The topological polar surface area (TPSA) is 49.6 Å². The van der Waals surface area contributed by atoms with E-state index in [1.54, 1.807) is 6.92 Å². The first kappa shape index (κ1) is 12.5. The number of rotatable bonds is 2. The van der Waals surface area contributed by atoms with Gasteiger partial charge in [0.05, 0.1) is 0 Å². The molecule has 0 radical (unpaired) electrons. The molecule has 4 heteroatoms. The number of anilines is 2. The Bertz CT molecular complexity index is 500. The average Bonchev–Trinajstić information content (AvgIpc) is 2.86. The van der Waals surface area contributed by atoms with Crippen molar-refractivity contribution >= 4 is 17.2 Å². The van der Waals surface area contributed by atoms with E-state index in [4.69, 9.17) is 5.73 Å². The molecule has 19 heavy (non-hydrogen) atoms. The molecule has 2 fully saturated rings. The summed E-state index contributed by atoms with van der Waals surface area (Å²) >= 11 is 0. The van der Waals surface area contributed by atoms with Gasteiger partial charge in [-0.15, -0.1) is 0 Å². The molecular formula is C15H21N3O. The van der Waals surface area contributed by atoms with Crippen molar-refractivity contribution in [3.05, 3.63) is 23.8 Å². The largest absolute Gasteiger partial charge is 0.398 e. The van der Waals surface area contributed by atoms with Crippen molar-refractivity contribution in [2.45, 2.75) is 25.8 Å². The van der Waals surface area contributed by atoms with Crippen LogP contribution in [0, 0.1) is 0 Å². The molecule has 0 aliphatic carbocycles. The molecule has 2 aliphatic heterocycles. The number of ketones is 1. The lowest BCUT2D eigenvalue weighted by Gasteiger charge is -2.39. The van der Waals surface area contributed by atoms with Crippen LogP contribution in [0.15, 0.2) is 18.2 Å². The molecule has 2 aliphatic rings. The molecule has 1 aromatic rings. The Labute approximate surface area is 114 Å². The number of carbonyl (C=O) groups is 1. The van der Waals surface area contributed by atoms with Gasteiger partial charge in [-0.25, -0.2) is 0 Å². The van der Waals surface area contributed by atoms with Crippen molar-refractivity contribution in [2.75, 3.05) is 36.8 Å². The summed E-state index contributed by atoms with van der Waals surface area (Å²) in [5.41, 5.74) is 8.21. The summed E-state index contributed by atoms with van der Waals surface area (Å²) in [6.45, 7) is 6.06. The van der Waals surface area contributed by atoms with Gasteiger partial charge in [0.15, 0.2) is 5.78 Å². The first-order chi connectivity index (χ1) is 9.15. The second-order valence-corrected chi connectivity index (χ2v) is 5.61. The monoisotopic (exact) mass is 259 g/mol. The zero-order valence-corrected chi connectivity index (χ0v) is 11.4. The summed E-state index contributed by atoms with van der Waals surface area (Å²) in [5.74, 6) is 0.0406. The average molecular weight is 259 g/mol. The zero-order chi connectivity index (χ0) is 13.4. The Morgan fingerprint density at radius 2 is 2.16 bits per heavy atom. The highest BCUT2D eigenvalue weighted by Gasteiger charge is 2.30. The number of Topliss-reactive ketones (excluding diaryl/α,β-unsaturated/α-hetero) is 1. The summed E-state index contributed by atoms with van der Waals surface area (Å²) < 4.78 is 0. The number of hydrogen-bond donors (Lipinski definition) is 1. The van der Waals surface area contributed by atoms with Crippen LogP contribution in [0.1, 0.15) is 30.1 Å². The Morgan fingerprint density at radius 1 is 1.32 bits per heavy atom. The third kappa shape index (κ3) is 2.32. The van der Waals surface area contributed by atoms with Gasteiger partial charge in [0.2, 0.25) is 0 Å². The highest BCUT2D eigenvalue weighted by Crippen LogP contribution is 2.27. The van der Waals surface area contributed by atoms with Gasteiger partial charge in [-0.3, -0.25) is 9.69 Å². The first-order valence-electron chi connectivity index (χ1n) is 7.04. The number of nitrogens with zero attached hydrogens (tertiary/aromatic N) is 2. The van der Waals surface area contributed by atoms with Gasteiger partial charge < -0.3 is 10.6 Å². The maximum absolute atomic E-state index is 11.6. The highest BCUT2D eigenvalue weighted by molar-refractivity contribution is 6.00. The molecule has 1 atom stereocenters. The molecule has 3 rings (SSSR count). The summed E-state index contributed by atoms with van der Waals surface area (Å²) in [4.78, 5) is 16.5. The fraction of sp³-hybridized carbons (Fsp3) is 0.533. The maximum atomic E-state index is 11.6. The van der Waals surface area contributed by atoms with Gasteiger partial charge in [0, 0.05) is 42.6 Å². The summed E-state index contributed by atoms with van der Waals surface area (Å²) in [7, 11) is 0. The normalized spacial score (nSPS) is 23.4. The Balaban J connectivity index is 1.82. The summed E-state index contributed by atoms with van der Waals surface area (Å²) in [6, 6.07) is 6.52. The zero-order valence-electron chi connectivity index (χ0n) is 11.4. The quantitative estimate of drug-likeness (QED) is 0.649. The third-order valence-electron chi connectivity index (χ3n) is 4.37. The molecule has 2 heterocycles. The molecule has 4 nitrogen and oxygen atoms in total. The fourth-order valence-corrected chi connectivity index (χ4v) is 3.27. The van der Waals surface area contributed by atoms with Gasteiger partial charge in [-0.05, 0) is 44.5 Å². The van der Waals surface area contributed by atoms with Crippen molar-refractivity contribution in [3.8, 4) is 0 Å². The molecule has 2 saturated heterocycles. The lowest BCUT2D eigenvalue weighted by Crippen LogP contribution is -2.50. The van der Waals surface area contributed by atoms with Crippen molar-refractivity contribution in [3.63, 3.8) is 0 Å². The van der Waals surface area contributed by atoms with Crippen LogP contribution in [-0.4, -0.2) is 42.9 Å². The van der Waals surface area contributed by atoms with Gasteiger partial charge >= 0.3 is 0 Å². The van der Waals surface area contributed by atoms with E-state index in [1.165, 1.54) is 19.4 Å². The Kier molecular flexibility index (Phi) is 3.19. The van der Waals surface area contributed by atoms with E-state index < -0.39 is 0 Å². The van der Waals surface area contributed by atoms with E-state index in [0.717, 1.165) is 25.3 Å². The molecule has 0 bridgehead atoms. The number of nitrogen functional groups attached to an aromatic ring is 1. The lowest BCUT2D eigenvalue weighted by molar-refractivity contribution is 0.101. The van der Waals surface area contributed by atoms with Gasteiger partial charge in [-0.2, -0.15) is 0 Å². The molecule has 1 unspecified atom stereocenters. The number of carbonyl (C=O) groups excluding carboxylic acids is 1. The molecule has 102 valence electrons. The van der Waals surface area contributed by atoms with Crippen LogP contribution in [0.5, 0.6) is 0 Å². The van der Waals surface area contributed by atoms with Crippen LogP contribution >= 0.6 is 0 Å². The third-order valence-corrected chi connectivity index (χ3v) is 4.37. The van der Waals surface area contributed by atoms with E-state index in [-0.39, 0.29) is 5.78 Å². The second-order valence-electron chi connectivity index (χ2n) is 5.61. The van der Waals surface area contributed by atoms with Crippen LogP contribution in [0.3, 0.4) is 0 Å². The van der Waals surface area contributed by atoms with Crippen LogP contribution in [0.25, 0.3) is 0 Å². The summed E-state index contributed by atoms with van der Waals surface area (Å²) in [5, 5.41) is 0. The number of piperazine rings is 1. The Hall–Kier alpha value is -1.55. The minimum Gasteiger partial charge on any atom is -0.398 e. The molecule has 0 amide bonds. The van der Waals surface area contributed by atoms with Crippen molar-refractivity contribution < 1.29 is 4.79 Å². The van der Waals surface area contributed by atoms with E-state index in [1.807, 2.05) is 18.2 Å². The number of hydrogen-bond acceptors (Lipinski definition) is 4. The molecule has 1 aromatic carbocycles. The second kappa shape index (κ2) is 4.85. The minimum absolute atomic E-state index is 0.0406. The lowest BCUT2D eigenvalue weighted by atomic mass is 10.1. The van der Waals surface area contributed by atoms with E-state index in [2.05, 4.69) is 9.80 Å². The predicted octanol–water partition coefficient (Wildman–Crippen LogP) is 1.76. The molecule has 0 spiro atoms. The predicted molar refractivity (Wildman–Crippen MR) is 77.7 cm³/mol. The van der Waals surface area contributed by atoms with Gasteiger partial charge in [0.25, 0.3) is 0 Å². The van der Waals surface area contributed by atoms with Crippen LogP contribution < -0.4 is 10.6 Å². The van der Waals surface area contributed by atoms with Gasteiger partial charge in [-0.1, -0.05) is 0 Å². The smallest absolute Gasteiger partial charge is 0.161 e. The van der Waals surface area contributed by atoms with E-state index in [9.17, 15) is 4.79 Å². The SMILES string of the molecule is CC(=O)c1cc(N2CCN3CCCC3C2)ccc1N. The van der Waals surface area contributed by atoms with E-state index >= 15 is 0 Å². The van der Waals surface area contributed by atoms with Gasteiger partial charge in [0.1, 0.15) is 0 Å². The molecule has 2 N–H and O–H groups in total. The fourth-order valence-electron chi connectivity index (χ4n) is 3.27. The minimum atomic E-state index is 0.0406.